The van der Waals surface area contributed by atoms with E-state index >= 15 is 0 Å². The van der Waals surface area contributed by atoms with Crippen molar-refractivity contribution in [2.24, 2.45) is 0 Å². The molecule has 22 heavy (non-hydrogen) atoms. The van der Waals surface area contributed by atoms with Gasteiger partial charge in [0.25, 0.3) is 0 Å². The summed E-state index contributed by atoms with van der Waals surface area (Å²) in [7, 11) is -8.05. The molecular formula is C14H38O4Si4. The molecule has 0 aromatic rings. The van der Waals surface area contributed by atoms with Crippen LogP contribution in [-0.2, 0) is 17.1 Å². The predicted molar refractivity (Wildman–Crippen MR) is 105 cm³/mol. The minimum Gasteiger partial charge on any atom is -0.437 e. The highest BCUT2D eigenvalue weighted by molar-refractivity contribution is 6.89. The summed E-state index contributed by atoms with van der Waals surface area (Å²) in [5, 5.41) is 0. The van der Waals surface area contributed by atoms with E-state index in [2.05, 4.69) is 72.8 Å². The molecule has 134 valence electrons. The summed E-state index contributed by atoms with van der Waals surface area (Å²) in [4.78, 5) is 0. The fourth-order valence-corrected chi connectivity index (χ4v) is 20.0. The van der Waals surface area contributed by atoms with Crippen LogP contribution in [0.2, 0.25) is 58.9 Å². The molecule has 0 aliphatic carbocycles. The minimum atomic E-state index is -2.46. The molecule has 4 nitrogen and oxygen atoms in total. The van der Waals surface area contributed by atoms with Gasteiger partial charge in [-0.1, -0.05) is 6.92 Å². The Balaban J connectivity index is 5.23. The Morgan fingerprint density at radius 1 is 0.727 bits per heavy atom. The number of ether oxygens (including phenoxy) is 1. The summed E-state index contributed by atoms with van der Waals surface area (Å²) < 4.78 is 25.5. The van der Waals surface area contributed by atoms with Gasteiger partial charge in [0.15, 0.2) is 16.6 Å². The Morgan fingerprint density at radius 3 is 1.55 bits per heavy atom. The van der Waals surface area contributed by atoms with Crippen LogP contribution >= 0.6 is 0 Å². The lowest BCUT2D eigenvalue weighted by Gasteiger charge is -2.43. The molecule has 0 saturated carbocycles. The van der Waals surface area contributed by atoms with Crippen LogP contribution < -0.4 is 0 Å². The molecule has 0 amide bonds. The van der Waals surface area contributed by atoms with Crippen molar-refractivity contribution in [1.29, 1.82) is 0 Å². The summed E-state index contributed by atoms with van der Waals surface area (Å²) >= 11 is 0. The van der Waals surface area contributed by atoms with Gasteiger partial charge in [0, 0.05) is 6.61 Å². The first-order valence-corrected chi connectivity index (χ1v) is 20.3. The van der Waals surface area contributed by atoms with Gasteiger partial charge in [-0.25, -0.2) is 0 Å². The second-order valence-electron chi connectivity index (χ2n) is 8.46. The van der Waals surface area contributed by atoms with Crippen LogP contribution in [0.15, 0.2) is 0 Å². The van der Waals surface area contributed by atoms with E-state index in [-0.39, 0.29) is 5.73 Å². The lowest BCUT2D eigenvalue weighted by molar-refractivity contribution is 0.0850. The molecule has 0 bridgehead atoms. The van der Waals surface area contributed by atoms with E-state index in [1.807, 2.05) is 0 Å². The average Bonchev–Trinajstić information content (AvgIpc) is 2.17. The van der Waals surface area contributed by atoms with Crippen LogP contribution in [0, 0.1) is 0 Å². The maximum absolute atomic E-state index is 6.61. The first-order chi connectivity index (χ1) is 9.60. The molecule has 0 heterocycles. The van der Waals surface area contributed by atoms with Gasteiger partial charge < -0.3 is 17.1 Å². The van der Waals surface area contributed by atoms with Gasteiger partial charge in [-0.05, 0) is 72.3 Å². The first-order valence-electron chi connectivity index (χ1n) is 8.32. The van der Waals surface area contributed by atoms with Crippen molar-refractivity contribution in [2.75, 3.05) is 6.61 Å². The van der Waals surface area contributed by atoms with Gasteiger partial charge in [-0.3, -0.25) is 0 Å². The van der Waals surface area contributed by atoms with Crippen LogP contribution in [0.4, 0.5) is 0 Å². The average molecular weight is 383 g/mol. The Kier molecular flexibility index (Phi) is 8.46. The molecule has 2 unspecified atom stereocenters. The zero-order valence-corrected chi connectivity index (χ0v) is 20.6. The molecule has 0 fully saturated rings. The monoisotopic (exact) mass is 382 g/mol. The van der Waals surface area contributed by atoms with Gasteiger partial charge in [-0.15, -0.1) is 0 Å². The van der Waals surface area contributed by atoms with Gasteiger partial charge in [0.05, 0.1) is 5.73 Å². The van der Waals surface area contributed by atoms with Crippen molar-refractivity contribution in [3.8, 4) is 0 Å². The summed E-state index contributed by atoms with van der Waals surface area (Å²) in [5.74, 6) is 0. The minimum absolute atomic E-state index is 0.0104. The third-order valence-electron chi connectivity index (χ3n) is 2.82. The van der Waals surface area contributed by atoms with Crippen LogP contribution in [-0.4, -0.2) is 46.1 Å². The Morgan fingerprint density at radius 2 is 1.18 bits per heavy atom. The Labute approximate surface area is 142 Å². The molecule has 8 heteroatoms. The molecule has 0 aromatic carbocycles. The van der Waals surface area contributed by atoms with Crippen molar-refractivity contribution < 1.29 is 17.1 Å². The fourth-order valence-electron chi connectivity index (χ4n) is 2.49. The van der Waals surface area contributed by atoms with E-state index in [1.54, 1.807) is 0 Å². The molecule has 0 aromatic heterocycles. The van der Waals surface area contributed by atoms with E-state index in [9.17, 15) is 0 Å². The van der Waals surface area contributed by atoms with Crippen LogP contribution in [0.5, 0.6) is 0 Å². The van der Waals surface area contributed by atoms with E-state index in [1.165, 1.54) is 0 Å². The Hall–Kier alpha value is 0.708. The van der Waals surface area contributed by atoms with Crippen LogP contribution in [0.3, 0.4) is 0 Å². The van der Waals surface area contributed by atoms with E-state index in [4.69, 9.17) is 17.1 Å². The highest BCUT2D eigenvalue weighted by Gasteiger charge is 2.48. The van der Waals surface area contributed by atoms with E-state index in [0.717, 1.165) is 13.0 Å². The molecule has 0 saturated heterocycles. The molecule has 0 aliphatic heterocycles. The van der Waals surface area contributed by atoms with Gasteiger partial charge >= 0.3 is 17.1 Å². The summed E-state index contributed by atoms with van der Waals surface area (Å²) in [6.45, 7) is 24.6. The summed E-state index contributed by atoms with van der Waals surface area (Å²) in [6, 6.07) is 0. The first kappa shape index (κ1) is 22.7. The van der Waals surface area contributed by atoms with Crippen molar-refractivity contribution in [2.45, 2.75) is 84.9 Å². The molecular weight excluding hydrogens is 344 g/mol. The van der Waals surface area contributed by atoms with E-state index < -0.39 is 33.8 Å². The number of rotatable bonds is 10. The van der Waals surface area contributed by atoms with Crippen molar-refractivity contribution in [3.63, 3.8) is 0 Å². The lowest BCUT2D eigenvalue weighted by Crippen LogP contribution is -2.62. The van der Waals surface area contributed by atoms with Crippen LogP contribution in [0.1, 0.15) is 20.3 Å². The number of hydrogen-bond donors (Lipinski definition) is 0. The number of hydrogen-bond acceptors (Lipinski definition) is 4. The predicted octanol–water partition coefficient (Wildman–Crippen LogP) is 4.83. The quantitative estimate of drug-likeness (QED) is 0.507. The second kappa shape index (κ2) is 8.19. The zero-order valence-electron chi connectivity index (χ0n) is 16.6. The van der Waals surface area contributed by atoms with E-state index in [0.29, 0.717) is 0 Å². The van der Waals surface area contributed by atoms with Crippen molar-refractivity contribution in [1.82, 2.24) is 0 Å². The van der Waals surface area contributed by atoms with Crippen molar-refractivity contribution in [3.05, 3.63) is 0 Å². The molecule has 2 atom stereocenters. The fraction of sp³-hybridized carbons (Fsp3) is 1.00. The zero-order chi connectivity index (χ0) is 17.8. The maximum Gasteiger partial charge on any atom is 0.345 e. The highest BCUT2D eigenvalue weighted by Crippen LogP contribution is 2.27. The largest absolute Gasteiger partial charge is 0.437 e. The molecule has 0 rings (SSSR count). The van der Waals surface area contributed by atoms with Crippen molar-refractivity contribution >= 4 is 33.8 Å². The lowest BCUT2D eigenvalue weighted by atomic mass is 10.5. The van der Waals surface area contributed by atoms with Gasteiger partial charge in [0.1, 0.15) is 0 Å². The molecule has 0 N–H and O–H groups in total. The molecule has 0 spiro atoms. The highest BCUT2D eigenvalue weighted by atomic mass is 28.5. The van der Waals surface area contributed by atoms with Crippen LogP contribution in [0.25, 0.3) is 0 Å². The Bertz CT molecular complexity index is 339. The molecule has 0 aliphatic rings. The SMILES string of the molecule is CCCOC(C)[Si](C)(O[Si](C)(C)C)O[Si](C)(C)O[Si](C)(C)C. The third-order valence-corrected chi connectivity index (χ3v) is 16.5. The van der Waals surface area contributed by atoms with Gasteiger partial charge in [-0.2, -0.15) is 0 Å². The smallest absolute Gasteiger partial charge is 0.345 e. The third kappa shape index (κ3) is 9.76. The topological polar surface area (TPSA) is 36.9 Å². The summed E-state index contributed by atoms with van der Waals surface area (Å²) in [6.07, 6.45) is 1.01. The normalized spacial score (nSPS) is 18.1. The summed E-state index contributed by atoms with van der Waals surface area (Å²) in [5.41, 5.74) is 0.0104. The standard InChI is InChI=1S/C14H38O4Si4/c1-12-13-15-14(2)22(11,17-20(6,7)8)18-21(9,10)16-19(3,4)5/h14H,12-13H2,1-11H3. The maximum atomic E-state index is 6.61. The molecule has 0 radical (unpaired) electrons. The second-order valence-corrected chi connectivity index (χ2v) is 25.0. The van der Waals surface area contributed by atoms with Gasteiger partial charge in [0.2, 0.25) is 0 Å².